The molecule has 5 nitrogen and oxygen atoms in total. The molecule has 3 heterocycles. The summed E-state index contributed by atoms with van der Waals surface area (Å²) in [7, 11) is 2.10. The van der Waals surface area contributed by atoms with Crippen molar-refractivity contribution in [1.82, 2.24) is 9.88 Å². The van der Waals surface area contributed by atoms with Gasteiger partial charge >= 0.3 is 6.18 Å². The molecule has 0 saturated carbocycles. The zero-order valence-electron chi connectivity index (χ0n) is 21.8. The monoisotopic (exact) mass is 560 g/mol. The molecule has 1 N–H and O–H groups in total. The zero-order chi connectivity index (χ0) is 27.4. The van der Waals surface area contributed by atoms with Gasteiger partial charge in [-0.3, -0.25) is 0 Å². The van der Waals surface area contributed by atoms with Gasteiger partial charge in [0.25, 0.3) is 0 Å². The molecule has 0 amide bonds. The molecule has 0 bridgehead atoms. The predicted octanol–water partition coefficient (Wildman–Crippen LogP) is 6.73. The van der Waals surface area contributed by atoms with Crippen LogP contribution in [0.2, 0.25) is 0 Å². The SMILES string of the molecule is CN1CCC(Nc2cccc(Sc3ccc(-c4ccnc(N5CCOCC5)c4)c(CF)c3C(F)(F)F)c2)CC1. The first-order chi connectivity index (χ1) is 18.8. The summed E-state index contributed by atoms with van der Waals surface area (Å²) in [6.45, 7) is 3.17. The predicted molar refractivity (Wildman–Crippen MR) is 147 cm³/mol. The van der Waals surface area contributed by atoms with Gasteiger partial charge in [-0.1, -0.05) is 23.9 Å². The number of hydrogen-bond donors (Lipinski definition) is 1. The van der Waals surface area contributed by atoms with E-state index >= 15 is 0 Å². The molecular weight excluding hydrogens is 528 g/mol. The van der Waals surface area contributed by atoms with E-state index < -0.39 is 18.4 Å². The Morgan fingerprint density at radius 1 is 1.03 bits per heavy atom. The lowest BCUT2D eigenvalue weighted by atomic mass is 9.96. The Hall–Kier alpha value is -2.82. The van der Waals surface area contributed by atoms with Crippen molar-refractivity contribution < 1.29 is 22.3 Å². The summed E-state index contributed by atoms with van der Waals surface area (Å²) in [6, 6.07) is 14.1. The summed E-state index contributed by atoms with van der Waals surface area (Å²) in [4.78, 5) is 9.33. The van der Waals surface area contributed by atoms with E-state index in [1.807, 2.05) is 23.1 Å². The van der Waals surface area contributed by atoms with E-state index in [2.05, 4.69) is 22.2 Å². The van der Waals surface area contributed by atoms with Gasteiger partial charge in [0.1, 0.15) is 12.5 Å². The quantitative estimate of drug-likeness (QED) is 0.323. The lowest BCUT2D eigenvalue weighted by Gasteiger charge is -2.30. The number of hydrogen-bond acceptors (Lipinski definition) is 6. The molecule has 2 aromatic carbocycles. The van der Waals surface area contributed by atoms with Crippen LogP contribution in [-0.2, 0) is 17.6 Å². The highest BCUT2D eigenvalue weighted by molar-refractivity contribution is 7.99. The molecule has 2 saturated heterocycles. The summed E-state index contributed by atoms with van der Waals surface area (Å²) in [5.74, 6) is 0.640. The number of morpholine rings is 1. The number of pyridine rings is 1. The zero-order valence-corrected chi connectivity index (χ0v) is 22.6. The number of anilines is 2. The third kappa shape index (κ3) is 6.67. The van der Waals surface area contributed by atoms with Crippen molar-refractivity contribution in [3.63, 3.8) is 0 Å². The van der Waals surface area contributed by atoms with Crippen LogP contribution in [0.4, 0.5) is 29.1 Å². The topological polar surface area (TPSA) is 40.6 Å². The van der Waals surface area contributed by atoms with Gasteiger partial charge in [0, 0.05) is 46.4 Å². The van der Waals surface area contributed by atoms with Crippen LogP contribution < -0.4 is 10.2 Å². The summed E-state index contributed by atoms with van der Waals surface area (Å²) in [5, 5.41) is 3.52. The number of benzene rings is 2. The molecular formula is C29H32F4N4OS. The minimum atomic E-state index is -4.72. The van der Waals surface area contributed by atoms with Gasteiger partial charge in [-0.2, -0.15) is 13.2 Å². The standard InChI is InChI=1S/C29H32F4N4OS/c1-36-11-8-21(9-12-36)35-22-3-2-4-23(18-22)39-26-6-5-24(25(19-30)28(26)29(31,32)33)20-7-10-34-27(17-20)37-13-15-38-16-14-37/h2-7,10,17-18,21,35H,8-9,11-16,19H2,1H3. The Morgan fingerprint density at radius 3 is 2.51 bits per heavy atom. The fourth-order valence-electron chi connectivity index (χ4n) is 5.15. The van der Waals surface area contributed by atoms with Gasteiger partial charge in [-0.15, -0.1) is 0 Å². The number of piperidine rings is 1. The van der Waals surface area contributed by atoms with E-state index in [0.717, 1.165) is 43.4 Å². The van der Waals surface area contributed by atoms with E-state index in [9.17, 15) is 17.6 Å². The molecule has 10 heteroatoms. The van der Waals surface area contributed by atoms with Crippen molar-refractivity contribution in [2.24, 2.45) is 0 Å². The van der Waals surface area contributed by atoms with E-state index in [0.29, 0.717) is 48.6 Å². The first kappa shape index (κ1) is 27.7. The molecule has 2 aliphatic rings. The van der Waals surface area contributed by atoms with Gasteiger partial charge < -0.3 is 19.9 Å². The van der Waals surface area contributed by atoms with Crippen LogP contribution >= 0.6 is 11.8 Å². The van der Waals surface area contributed by atoms with Crippen molar-refractivity contribution in [3.8, 4) is 11.1 Å². The molecule has 0 aliphatic carbocycles. The highest BCUT2D eigenvalue weighted by Crippen LogP contribution is 2.45. The number of rotatable bonds is 7. The average Bonchev–Trinajstić information content (AvgIpc) is 2.94. The van der Waals surface area contributed by atoms with E-state index in [-0.39, 0.29) is 16.0 Å². The van der Waals surface area contributed by atoms with Gasteiger partial charge in [0.2, 0.25) is 0 Å². The fraction of sp³-hybridized carbons (Fsp3) is 0.414. The Morgan fingerprint density at radius 2 is 1.79 bits per heavy atom. The number of halogens is 4. The number of aromatic nitrogens is 1. The van der Waals surface area contributed by atoms with Crippen molar-refractivity contribution in [3.05, 3.63) is 65.9 Å². The highest BCUT2D eigenvalue weighted by atomic mass is 32.2. The highest BCUT2D eigenvalue weighted by Gasteiger charge is 2.38. The molecule has 1 aromatic heterocycles. The third-order valence-electron chi connectivity index (χ3n) is 7.23. The van der Waals surface area contributed by atoms with Gasteiger partial charge in [0.05, 0.1) is 18.8 Å². The molecule has 5 rings (SSSR count). The van der Waals surface area contributed by atoms with Crippen LogP contribution in [0.3, 0.4) is 0 Å². The largest absolute Gasteiger partial charge is 0.417 e. The number of alkyl halides is 4. The van der Waals surface area contributed by atoms with Crippen LogP contribution in [0.25, 0.3) is 11.1 Å². The van der Waals surface area contributed by atoms with Crippen molar-refractivity contribution >= 4 is 23.3 Å². The van der Waals surface area contributed by atoms with Gasteiger partial charge in [-0.25, -0.2) is 9.37 Å². The van der Waals surface area contributed by atoms with Crippen molar-refractivity contribution in [2.45, 2.75) is 41.5 Å². The Labute approximate surface area is 230 Å². The maximum Gasteiger partial charge on any atom is 0.417 e. The normalized spacial score (nSPS) is 17.4. The second kappa shape index (κ2) is 12.1. The molecule has 208 valence electrons. The fourth-order valence-corrected chi connectivity index (χ4v) is 6.21. The van der Waals surface area contributed by atoms with Crippen molar-refractivity contribution in [1.29, 1.82) is 0 Å². The number of likely N-dealkylation sites (tertiary alicyclic amines) is 1. The second-order valence-electron chi connectivity index (χ2n) is 9.95. The van der Waals surface area contributed by atoms with Crippen LogP contribution in [0.1, 0.15) is 24.0 Å². The Bertz CT molecular complexity index is 1270. The Balaban J connectivity index is 1.44. The summed E-state index contributed by atoms with van der Waals surface area (Å²) >= 11 is 1.01. The van der Waals surface area contributed by atoms with Crippen LogP contribution in [0.15, 0.2) is 64.5 Å². The molecule has 0 atom stereocenters. The summed E-state index contributed by atoms with van der Waals surface area (Å²) in [6.07, 6.45) is -1.14. The first-order valence-corrected chi connectivity index (χ1v) is 13.9. The smallest absolute Gasteiger partial charge is 0.382 e. The molecule has 2 fully saturated rings. The number of nitrogens with one attached hydrogen (secondary N) is 1. The van der Waals surface area contributed by atoms with Crippen molar-refractivity contribution in [2.75, 3.05) is 56.7 Å². The van der Waals surface area contributed by atoms with E-state index in [4.69, 9.17) is 4.74 Å². The van der Waals surface area contributed by atoms with Gasteiger partial charge in [-0.05, 0) is 80.5 Å². The molecule has 3 aromatic rings. The van der Waals surface area contributed by atoms with Crippen LogP contribution in [-0.4, -0.2) is 62.4 Å². The maximum absolute atomic E-state index is 14.5. The summed E-state index contributed by atoms with van der Waals surface area (Å²) < 4.78 is 63.2. The third-order valence-corrected chi connectivity index (χ3v) is 8.28. The summed E-state index contributed by atoms with van der Waals surface area (Å²) in [5.41, 5.74) is 0.324. The maximum atomic E-state index is 14.5. The molecule has 2 aliphatic heterocycles. The second-order valence-corrected chi connectivity index (χ2v) is 11.1. The minimum Gasteiger partial charge on any atom is -0.382 e. The molecule has 0 radical (unpaired) electrons. The number of ether oxygens (including phenoxy) is 1. The number of nitrogens with zero attached hydrogens (tertiary/aromatic N) is 3. The van der Waals surface area contributed by atoms with Crippen LogP contribution in [0.5, 0.6) is 0 Å². The molecule has 0 spiro atoms. The van der Waals surface area contributed by atoms with Crippen LogP contribution in [0, 0.1) is 0 Å². The van der Waals surface area contributed by atoms with E-state index in [1.165, 1.54) is 6.07 Å². The molecule has 0 unspecified atom stereocenters. The Kier molecular flexibility index (Phi) is 8.64. The minimum absolute atomic E-state index is 0.0159. The van der Waals surface area contributed by atoms with E-state index in [1.54, 1.807) is 30.5 Å². The first-order valence-electron chi connectivity index (χ1n) is 13.1. The lowest BCUT2D eigenvalue weighted by molar-refractivity contribution is -0.140. The van der Waals surface area contributed by atoms with Gasteiger partial charge in [0.15, 0.2) is 0 Å². The molecule has 39 heavy (non-hydrogen) atoms. The average molecular weight is 561 g/mol. The lowest BCUT2D eigenvalue weighted by Crippen LogP contribution is -2.36.